The highest BCUT2D eigenvalue weighted by Gasteiger charge is 2.58. The molecule has 0 aliphatic heterocycles. The average Bonchev–Trinajstić information content (AvgIpc) is 3.17. The number of ether oxygens (including phenoxy) is 1. The highest BCUT2D eigenvalue weighted by Crippen LogP contribution is 2.56. The molecule has 1 saturated carbocycles. The van der Waals surface area contributed by atoms with Gasteiger partial charge in [-0.25, -0.2) is 13.6 Å². The summed E-state index contributed by atoms with van der Waals surface area (Å²) in [7, 11) is 1.45. The summed E-state index contributed by atoms with van der Waals surface area (Å²) in [4.78, 5) is 12.3. The van der Waals surface area contributed by atoms with E-state index in [-0.39, 0.29) is 13.0 Å². The van der Waals surface area contributed by atoms with Crippen molar-refractivity contribution >= 4 is 23.2 Å². The molecule has 1 heterocycles. The second-order valence-electron chi connectivity index (χ2n) is 6.52. The molecule has 1 fully saturated rings. The minimum Gasteiger partial charge on any atom is -0.487 e. The van der Waals surface area contributed by atoms with Gasteiger partial charge >= 0.3 is 5.69 Å². The second-order valence-corrected chi connectivity index (χ2v) is 7.37. The molecule has 0 bridgehead atoms. The SMILES string of the molecule is Cn1nnn(-c2cccc(C3CC3(F)F)c2COc2cc(Cl)ccc2Cl)c1=O. The predicted octanol–water partition coefficient (Wildman–Crippen LogP) is 3.97. The normalized spacial score (nSPS) is 17.5. The number of hydrogen-bond acceptors (Lipinski definition) is 4. The Kier molecular flexibility index (Phi) is 4.63. The summed E-state index contributed by atoms with van der Waals surface area (Å²) in [6.45, 7) is -0.0961. The standard InChI is InChI=1S/C18H14Cl2F2N4O2/c1-25-17(27)26(24-23-25)15-4-2-3-11(13-8-18(13,21)22)12(15)9-28-16-7-10(19)5-6-14(16)20/h2-7,13H,8-9H2,1H3. The van der Waals surface area contributed by atoms with Gasteiger partial charge in [0.05, 0.1) is 16.6 Å². The lowest BCUT2D eigenvalue weighted by Gasteiger charge is -2.15. The van der Waals surface area contributed by atoms with Crippen LogP contribution in [-0.4, -0.2) is 25.7 Å². The Hall–Kier alpha value is -2.45. The van der Waals surface area contributed by atoms with E-state index in [1.165, 1.54) is 13.1 Å². The molecule has 2 aromatic carbocycles. The summed E-state index contributed by atoms with van der Waals surface area (Å²) < 4.78 is 35.4. The quantitative estimate of drug-likeness (QED) is 0.618. The Morgan fingerprint density at radius 3 is 2.64 bits per heavy atom. The molecule has 10 heteroatoms. The largest absolute Gasteiger partial charge is 0.487 e. The Bertz CT molecular complexity index is 1110. The number of rotatable bonds is 5. The molecule has 0 radical (unpaired) electrons. The maximum absolute atomic E-state index is 13.8. The first-order chi connectivity index (χ1) is 13.3. The topological polar surface area (TPSA) is 61.9 Å². The van der Waals surface area contributed by atoms with E-state index in [1.54, 1.807) is 30.3 Å². The molecule has 1 aromatic heterocycles. The maximum atomic E-state index is 13.8. The number of aryl methyl sites for hydroxylation is 1. The lowest BCUT2D eigenvalue weighted by molar-refractivity contribution is 0.112. The second kappa shape index (κ2) is 6.86. The minimum atomic E-state index is -2.78. The van der Waals surface area contributed by atoms with Crippen LogP contribution in [-0.2, 0) is 13.7 Å². The zero-order valence-electron chi connectivity index (χ0n) is 14.6. The predicted molar refractivity (Wildman–Crippen MR) is 99.7 cm³/mol. The van der Waals surface area contributed by atoms with Crippen LogP contribution in [0.15, 0.2) is 41.2 Å². The minimum absolute atomic E-state index is 0.0961. The number of benzene rings is 2. The lowest BCUT2D eigenvalue weighted by Crippen LogP contribution is -2.23. The van der Waals surface area contributed by atoms with Crippen molar-refractivity contribution in [1.29, 1.82) is 0 Å². The van der Waals surface area contributed by atoms with Crippen molar-refractivity contribution in [3.05, 3.63) is 68.1 Å². The highest BCUT2D eigenvalue weighted by atomic mass is 35.5. The van der Waals surface area contributed by atoms with E-state index in [4.69, 9.17) is 27.9 Å². The van der Waals surface area contributed by atoms with Gasteiger partial charge in [-0.15, -0.1) is 0 Å². The molecule has 1 aliphatic carbocycles. The van der Waals surface area contributed by atoms with Crippen molar-refractivity contribution in [1.82, 2.24) is 19.8 Å². The molecule has 0 amide bonds. The Labute approximate surface area is 168 Å². The fourth-order valence-electron chi connectivity index (χ4n) is 3.03. The van der Waals surface area contributed by atoms with Gasteiger partial charge in [-0.1, -0.05) is 35.3 Å². The van der Waals surface area contributed by atoms with Gasteiger partial charge in [0.1, 0.15) is 12.4 Å². The van der Waals surface area contributed by atoms with Crippen LogP contribution in [0.25, 0.3) is 5.69 Å². The van der Waals surface area contributed by atoms with E-state index >= 15 is 0 Å². The van der Waals surface area contributed by atoms with Gasteiger partial charge in [0.2, 0.25) is 0 Å². The molecule has 0 spiro atoms. The first-order valence-electron chi connectivity index (χ1n) is 8.35. The van der Waals surface area contributed by atoms with Crippen LogP contribution in [0, 0.1) is 0 Å². The fourth-order valence-corrected chi connectivity index (χ4v) is 3.36. The van der Waals surface area contributed by atoms with Gasteiger partial charge < -0.3 is 4.74 Å². The number of alkyl halides is 2. The Balaban J connectivity index is 1.78. The first kappa shape index (κ1) is 18.9. The molecule has 146 valence electrons. The van der Waals surface area contributed by atoms with Gasteiger partial charge in [-0.2, -0.15) is 9.36 Å². The van der Waals surface area contributed by atoms with E-state index in [1.807, 2.05) is 0 Å². The summed E-state index contributed by atoms with van der Waals surface area (Å²) in [5.41, 5.74) is 0.653. The molecule has 1 aliphatic rings. The molecular weight excluding hydrogens is 413 g/mol. The van der Waals surface area contributed by atoms with Crippen LogP contribution in [0.1, 0.15) is 23.5 Å². The zero-order valence-corrected chi connectivity index (χ0v) is 16.1. The van der Waals surface area contributed by atoms with E-state index in [9.17, 15) is 13.6 Å². The zero-order chi connectivity index (χ0) is 20.1. The van der Waals surface area contributed by atoms with Crippen LogP contribution < -0.4 is 10.4 Å². The van der Waals surface area contributed by atoms with Crippen LogP contribution in [0.5, 0.6) is 5.75 Å². The smallest absolute Gasteiger partial charge is 0.368 e. The summed E-state index contributed by atoms with van der Waals surface area (Å²) >= 11 is 12.1. The summed E-state index contributed by atoms with van der Waals surface area (Å²) in [6, 6.07) is 9.55. The molecule has 28 heavy (non-hydrogen) atoms. The van der Waals surface area contributed by atoms with Crippen molar-refractivity contribution in [3.8, 4) is 11.4 Å². The van der Waals surface area contributed by atoms with E-state index in [2.05, 4.69) is 10.4 Å². The van der Waals surface area contributed by atoms with Crippen molar-refractivity contribution in [3.63, 3.8) is 0 Å². The molecule has 0 saturated heterocycles. The third-order valence-corrected chi connectivity index (χ3v) is 5.15. The molecule has 3 aromatic rings. The molecular formula is C18H14Cl2F2N4O2. The van der Waals surface area contributed by atoms with Gasteiger partial charge in [-0.3, -0.25) is 0 Å². The number of nitrogens with zero attached hydrogens (tertiary/aromatic N) is 4. The van der Waals surface area contributed by atoms with Crippen molar-refractivity contribution in [2.45, 2.75) is 24.9 Å². The molecule has 4 rings (SSSR count). The lowest BCUT2D eigenvalue weighted by atomic mass is 10.0. The molecule has 1 atom stereocenters. The van der Waals surface area contributed by atoms with E-state index in [0.29, 0.717) is 32.6 Å². The van der Waals surface area contributed by atoms with Crippen LogP contribution in [0.3, 0.4) is 0 Å². The maximum Gasteiger partial charge on any atom is 0.368 e. The number of aromatic nitrogens is 4. The Morgan fingerprint density at radius 2 is 2.00 bits per heavy atom. The van der Waals surface area contributed by atoms with Crippen molar-refractivity contribution < 1.29 is 13.5 Å². The van der Waals surface area contributed by atoms with E-state index < -0.39 is 17.5 Å². The van der Waals surface area contributed by atoms with Crippen LogP contribution in [0.2, 0.25) is 10.0 Å². The number of halogens is 4. The van der Waals surface area contributed by atoms with Crippen molar-refractivity contribution in [2.24, 2.45) is 7.05 Å². The van der Waals surface area contributed by atoms with Gasteiger partial charge in [-0.05, 0) is 34.2 Å². The third-order valence-electron chi connectivity index (χ3n) is 4.60. The number of tetrazole rings is 1. The molecule has 6 nitrogen and oxygen atoms in total. The summed E-state index contributed by atoms with van der Waals surface area (Å²) in [6.07, 6.45) is -0.253. The third kappa shape index (κ3) is 3.38. The average molecular weight is 427 g/mol. The highest BCUT2D eigenvalue weighted by molar-refractivity contribution is 6.34. The van der Waals surface area contributed by atoms with Crippen LogP contribution >= 0.6 is 23.2 Å². The Morgan fingerprint density at radius 1 is 1.25 bits per heavy atom. The van der Waals surface area contributed by atoms with Gasteiger partial charge in [0.25, 0.3) is 5.92 Å². The molecule has 1 unspecified atom stereocenters. The van der Waals surface area contributed by atoms with Gasteiger partial charge in [0, 0.05) is 30.1 Å². The first-order valence-corrected chi connectivity index (χ1v) is 9.10. The van der Waals surface area contributed by atoms with Crippen molar-refractivity contribution in [2.75, 3.05) is 0 Å². The molecule has 0 N–H and O–H groups in total. The van der Waals surface area contributed by atoms with E-state index in [0.717, 1.165) is 9.36 Å². The summed E-state index contributed by atoms with van der Waals surface area (Å²) in [5, 5.41) is 8.26. The van der Waals surface area contributed by atoms with Gasteiger partial charge in [0.15, 0.2) is 0 Å². The fraction of sp³-hybridized carbons (Fsp3) is 0.278. The monoisotopic (exact) mass is 426 g/mol. The summed E-state index contributed by atoms with van der Waals surface area (Å²) in [5.74, 6) is -3.41. The van der Waals surface area contributed by atoms with Crippen LogP contribution in [0.4, 0.5) is 8.78 Å². The number of hydrogen-bond donors (Lipinski definition) is 0.